The number of para-hydroxylation sites is 1. The molecule has 0 N–H and O–H groups in total. The molecule has 0 unspecified atom stereocenters. The molecule has 4 aromatic rings. The van der Waals surface area contributed by atoms with Crippen molar-refractivity contribution in [1.82, 2.24) is 0 Å². The number of thiophene rings is 1. The van der Waals surface area contributed by atoms with Gasteiger partial charge in [0.05, 0.1) is 0 Å². The van der Waals surface area contributed by atoms with Gasteiger partial charge in [-0.2, -0.15) is 0 Å². The van der Waals surface area contributed by atoms with Crippen LogP contribution in [0.4, 0.5) is 0 Å². The summed E-state index contributed by atoms with van der Waals surface area (Å²) in [4.78, 5) is 11.9. The van der Waals surface area contributed by atoms with Crippen LogP contribution in [-0.2, 0) is 17.8 Å². The van der Waals surface area contributed by atoms with Gasteiger partial charge in [0.2, 0.25) is 0 Å². The zero-order valence-corrected chi connectivity index (χ0v) is 19.5. The molecule has 3 aromatic carbocycles. The Labute approximate surface area is 202 Å². The molecule has 0 saturated carbocycles. The van der Waals surface area contributed by atoms with Crippen LogP contribution in [0.25, 0.3) is 21.6 Å². The summed E-state index contributed by atoms with van der Waals surface area (Å²) in [7, 11) is 0. The van der Waals surface area contributed by atoms with E-state index in [4.69, 9.17) is 4.74 Å². The van der Waals surface area contributed by atoms with Gasteiger partial charge in [0.25, 0.3) is 0 Å². The molecule has 3 nitrogen and oxygen atoms in total. The number of hydrogen-bond acceptors (Lipinski definition) is 4. The van der Waals surface area contributed by atoms with E-state index >= 15 is 0 Å². The van der Waals surface area contributed by atoms with E-state index in [9.17, 15) is 9.90 Å². The van der Waals surface area contributed by atoms with Gasteiger partial charge in [0, 0.05) is 28.4 Å². The van der Waals surface area contributed by atoms with Gasteiger partial charge < -0.3 is 14.6 Å². The number of ether oxygens (including phenoxy) is 1. The predicted octanol–water partition coefficient (Wildman–Crippen LogP) is 1.96. The number of carboxylic acid groups (broad SMARTS) is 1. The summed E-state index contributed by atoms with van der Waals surface area (Å²) in [5.41, 5.74) is 5.05. The van der Waals surface area contributed by atoms with E-state index in [0.717, 1.165) is 38.4 Å². The summed E-state index contributed by atoms with van der Waals surface area (Å²) in [6, 6.07) is 27.8. The summed E-state index contributed by atoms with van der Waals surface area (Å²) in [5, 5.41) is 12.9. The van der Waals surface area contributed by atoms with E-state index in [2.05, 4.69) is 17.5 Å². The molecule has 1 heterocycles. The van der Waals surface area contributed by atoms with E-state index in [1.54, 1.807) is 11.3 Å². The summed E-state index contributed by atoms with van der Waals surface area (Å²) in [6.45, 7) is 0.509. The Bertz CT molecular complexity index is 1100. The van der Waals surface area contributed by atoms with Crippen LogP contribution in [0.15, 0.2) is 90.3 Å². The Morgan fingerprint density at radius 3 is 2.23 bits per heavy atom. The molecule has 30 heavy (non-hydrogen) atoms. The van der Waals surface area contributed by atoms with E-state index in [-0.39, 0.29) is 36.0 Å². The topological polar surface area (TPSA) is 49.4 Å². The van der Waals surface area contributed by atoms with Gasteiger partial charge in [-0.3, -0.25) is 0 Å². The van der Waals surface area contributed by atoms with Crippen LogP contribution in [0, 0.1) is 0 Å². The number of carboxylic acids is 1. The van der Waals surface area contributed by atoms with Gasteiger partial charge in [0.15, 0.2) is 0 Å². The normalized spacial score (nSPS) is 10.3. The Balaban J connectivity index is 0.00000256. The quantitative estimate of drug-likeness (QED) is 0.428. The van der Waals surface area contributed by atoms with Crippen molar-refractivity contribution in [3.63, 3.8) is 0 Å². The van der Waals surface area contributed by atoms with Crippen LogP contribution < -0.4 is 39.4 Å². The minimum absolute atomic E-state index is 0. The van der Waals surface area contributed by atoms with Crippen molar-refractivity contribution in [2.75, 3.05) is 0 Å². The van der Waals surface area contributed by atoms with Crippen LogP contribution in [0.5, 0.6) is 5.75 Å². The second-order valence-corrected chi connectivity index (χ2v) is 7.60. The molecule has 144 valence electrons. The monoisotopic (exact) mass is 422 g/mol. The van der Waals surface area contributed by atoms with Gasteiger partial charge >= 0.3 is 29.6 Å². The summed E-state index contributed by atoms with van der Waals surface area (Å²) < 4.78 is 6.13. The maximum atomic E-state index is 10.8. The fraction of sp³-hybridized carbons (Fsp3) is 0.0800. The van der Waals surface area contributed by atoms with Crippen molar-refractivity contribution < 1.29 is 44.2 Å². The fourth-order valence-corrected chi connectivity index (χ4v) is 4.15. The minimum Gasteiger partial charge on any atom is -0.550 e. The van der Waals surface area contributed by atoms with E-state index in [1.807, 2.05) is 72.8 Å². The summed E-state index contributed by atoms with van der Waals surface area (Å²) >= 11 is 1.66. The molecule has 0 amide bonds. The second kappa shape index (κ2) is 10.6. The number of hydrogen-bond donors (Lipinski definition) is 0. The molecule has 0 fully saturated rings. The summed E-state index contributed by atoms with van der Waals surface area (Å²) in [5.74, 6) is -0.233. The minimum atomic E-state index is -1.07. The Morgan fingerprint density at radius 2 is 1.50 bits per heavy atom. The molecule has 0 saturated heterocycles. The zero-order valence-electron chi connectivity index (χ0n) is 16.7. The van der Waals surface area contributed by atoms with Crippen molar-refractivity contribution in [2.45, 2.75) is 13.0 Å². The number of rotatable bonds is 7. The third-order valence-electron chi connectivity index (χ3n) is 4.64. The van der Waals surface area contributed by atoms with Crippen molar-refractivity contribution in [2.24, 2.45) is 0 Å². The largest absolute Gasteiger partial charge is 1.00 e. The zero-order chi connectivity index (χ0) is 20.1. The first kappa shape index (κ1) is 22.3. The fourth-order valence-electron chi connectivity index (χ4n) is 3.24. The molecule has 0 bridgehead atoms. The average Bonchev–Trinajstić information content (AvgIpc) is 3.23. The molecular weight excluding hydrogens is 403 g/mol. The van der Waals surface area contributed by atoms with Gasteiger partial charge in [-0.15, -0.1) is 11.3 Å². The van der Waals surface area contributed by atoms with Gasteiger partial charge in [0.1, 0.15) is 12.4 Å². The average molecular weight is 422 g/mol. The molecule has 4 rings (SSSR count). The first-order chi connectivity index (χ1) is 14.2. The van der Waals surface area contributed by atoms with Crippen LogP contribution in [0.1, 0.15) is 11.1 Å². The van der Waals surface area contributed by atoms with Gasteiger partial charge in [-0.1, -0.05) is 72.8 Å². The van der Waals surface area contributed by atoms with E-state index in [1.165, 1.54) is 0 Å². The number of carbonyl (C=O) groups excluding carboxylic acids is 1. The third kappa shape index (κ3) is 5.41. The van der Waals surface area contributed by atoms with Crippen LogP contribution >= 0.6 is 11.3 Å². The maximum Gasteiger partial charge on any atom is 1.00 e. The number of aliphatic carboxylic acids is 1. The molecule has 1 aromatic heterocycles. The third-order valence-corrected chi connectivity index (χ3v) is 5.61. The van der Waals surface area contributed by atoms with Crippen LogP contribution in [0.2, 0.25) is 0 Å². The van der Waals surface area contributed by atoms with Crippen molar-refractivity contribution in [3.05, 3.63) is 101 Å². The first-order valence-corrected chi connectivity index (χ1v) is 10.2. The van der Waals surface area contributed by atoms with Gasteiger partial charge in [-0.05, 0) is 34.2 Å². The molecule has 0 aliphatic carbocycles. The standard InChI is InChI=1S/C25H20O3S.Na/c26-24(27)16-18-10-12-20(13-11-18)25-22(14-15-29-25)21-8-4-5-9-23(21)28-17-19-6-2-1-3-7-19;/h1-15H,16-17H2,(H,26,27);/q;+1/p-1. The number of carbonyl (C=O) groups is 1. The Morgan fingerprint density at radius 1 is 0.800 bits per heavy atom. The van der Waals surface area contributed by atoms with Crippen molar-refractivity contribution >= 4 is 17.3 Å². The van der Waals surface area contributed by atoms with E-state index in [0.29, 0.717) is 6.61 Å². The SMILES string of the molecule is O=C([O-])Cc1ccc(-c2sccc2-c2ccccc2OCc2ccccc2)cc1.[Na+]. The summed E-state index contributed by atoms with van der Waals surface area (Å²) in [6.07, 6.45) is -0.0757. The van der Waals surface area contributed by atoms with Crippen LogP contribution in [-0.4, -0.2) is 5.97 Å². The predicted molar refractivity (Wildman–Crippen MR) is 115 cm³/mol. The molecule has 0 spiro atoms. The molecule has 0 aliphatic heterocycles. The Hall–Kier alpha value is -2.37. The van der Waals surface area contributed by atoms with Crippen molar-refractivity contribution in [3.8, 4) is 27.3 Å². The molecule has 0 atom stereocenters. The smallest absolute Gasteiger partial charge is 0.550 e. The van der Waals surface area contributed by atoms with Gasteiger partial charge in [-0.25, -0.2) is 0 Å². The molecule has 5 heteroatoms. The molecule has 0 radical (unpaired) electrons. The van der Waals surface area contributed by atoms with Crippen LogP contribution in [0.3, 0.4) is 0 Å². The molecular formula is C25H19NaO3S. The first-order valence-electron chi connectivity index (χ1n) is 9.33. The maximum absolute atomic E-state index is 10.8. The van der Waals surface area contributed by atoms with Crippen molar-refractivity contribution in [1.29, 1.82) is 0 Å². The molecule has 0 aliphatic rings. The van der Waals surface area contributed by atoms with E-state index < -0.39 is 5.97 Å². The Kier molecular flexibility index (Phi) is 7.88. The second-order valence-electron chi connectivity index (χ2n) is 6.68. The number of benzene rings is 3.